The summed E-state index contributed by atoms with van der Waals surface area (Å²) in [5.74, 6) is 0. The van der Waals surface area contributed by atoms with Crippen LogP contribution in [-0.2, 0) is 5.66 Å². The highest BCUT2D eigenvalue weighted by molar-refractivity contribution is 5.27. The van der Waals surface area contributed by atoms with Crippen LogP contribution >= 0.6 is 0 Å². The molecule has 1 aromatic rings. The molecule has 1 aliphatic rings. The van der Waals surface area contributed by atoms with Gasteiger partial charge in [-0.3, -0.25) is 10.1 Å². The van der Waals surface area contributed by atoms with E-state index in [1.165, 1.54) is 12.3 Å². The molecule has 0 saturated carbocycles. The average molecular weight is 189 g/mol. The Hall–Kier alpha value is -2.04. The van der Waals surface area contributed by atoms with E-state index >= 15 is 0 Å². The Morgan fingerprint density at radius 2 is 2.00 bits per heavy atom. The number of nitrogens with zero attached hydrogens (tertiary/aromatic N) is 3. The Morgan fingerprint density at radius 3 is 2.50 bits per heavy atom. The molecule has 0 bridgehead atoms. The topological polar surface area (TPSA) is 67.9 Å². The lowest BCUT2D eigenvalue weighted by molar-refractivity contribution is -0.562. The SMILES string of the molecule is O=[N+]([O-])C1(c2ccccc2)C=CN=N1. The summed E-state index contributed by atoms with van der Waals surface area (Å²) in [7, 11) is 0. The molecule has 0 N–H and O–H groups in total. The van der Waals surface area contributed by atoms with Gasteiger partial charge in [0.05, 0.1) is 16.7 Å². The van der Waals surface area contributed by atoms with Gasteiger partial charge in [-0.15, -0.1) is 0 Å². The molecule has 0 radical (unpaired) electrons. The summed E-state index contributed by atoms with van der Waals surface area (Å²) in [5, 5.41) is 18.1. The van der Waals surface area contributed by atoms with Gasteiger partial charge in [0.2, 0.25) is 0 Å². The van der Waals surface area contributed by atoms with Crippen molar-refractivity contribution in [2.75, 3.05) is 0 Å². The van der Waals surface area contributed by atoms with Crippen molar-refractivity contribution < 1.29 is 4.92 Å². The van der Waals surface area contributed by atoms with E-state index < -0.39 is 10.6 Å². The standard InChI is InChI=1S/C9H7N3O2/c13-12(14)9(6-7-10-11-9)8-4-2-1-3-5-8/h1-7H. The largest absolute Gasteiger partial charge is 0.376 e. The van der Waals surface area contributed by atoms with E-state index in [0.29, 0.717) is 5.56 Å². The maximum atomic E-state index is 10.9. The van der Waals surface area contributed by atoms with E-state index in [9.17, 15) is 10.1 Å². The third kappa shape index (κ3) is 1.10. The van der Waals surface area contributed by atoms with Crippen LogP contribution in [0, 0.1) is 10.1 Å². The van der Waals surface area contributed by atoms with Gasteiger partial charge in [0.1, 0.15) is 0 Å². The van der Waals surface area contributed by atoms with Gasteiger partial charge >= 0.3 is 5.66 Å². The molecule has 1 atom stereocenters. The molecule has 0 amide bonds. The zero-order valence-corrected chi connectivity index (χ0v) is 7.20. The second kappa shape index (κ2) is 3.02. The third-order valence-electron chi connectivity index (χ3n) is 2.06. The molecule has 0 aromatic heterocycles. The molecular weight excluding hydrogens is 182 g/mol. The highest BCUT2D eigenvalue weighted by atomic mass is 16.6. The predicted molar refractivity (Wildman–Crippen MR) is 49.1 cm³/mol. The fourth-order valence-electron chi connectivity index (χ4n) is 1.33. The van der Waals surface area contributed by atoms with E-state index in [1.807, 2.05) is 0 Å². The van der Waals surface area contributed by atoms with Crippen molar-refractivity contribution in [1.29, 1.82) is 0 Å². The maximum absolute atomic E-state index is 10.9. The van der Waals surface area contributed by atoms with E-state index in [1.54, 1.807) is 30.3 Å². The van der Waals surface area contributed by atoms with Crippen molar-refractivity contribution in [3.05, 3.63) is 58.3 Å². The van der Waals surface area contributed by atoms with Crippen molar-refractivity contribution in [3.8, 4) is 0 Å². The third-order valence-corrected chi connectivity index (χ3v) is 2.06. The fraction of sp³-hybridized carbons (Fsp3) is 0.111. The van der Waals surface area contributed by atoms with Crippen molar-refractivity contribution in [3.63, 3.8) is 0 Å². The van der Waals surface area contributed by atoms with Crippen LogP contribution in [0.15, 0.2) is 52.8 Å². The maximum Gasteiger partial charge on any atom is 0.376 e. The van der Waals surface area contributed by atoms with Gasteiger partial charge in [-0.2, -0.15) is 5.11 Å². The smallest absolute Gasteiger partial charge is 0.261 e. The average Bonchev–Trinajstić information content (AvgIpc) is 2.69. The molecule has 0 aliphatic carbocycles. The van der Waals surface area contributed by atoms with Crippen molar-refractivity contribution >= 4 is 0 Å². The van der Waals surface area contributed by atoms with E-state index in [-0.39, 0.29) is 0 Å². The van der Waals surface area contributed by atoms with Crippen LogP contribution in [0.25, 0.3) is 0 Å². The Balaban J connectivity index is 2.54. The molecular formula is C9H7N3O2. The van der Waals surface area contributed by atoms with Crippen molar-refractivity contribution in [2.45, 2.75) is 5.66 Å². The molecule has 0 fully saturated rings. The van der Waals surface area contributed by atoms with Gasteiger partial charge in [0, 0.05) is 6.08 Å². The van der Waals surface area contributed by atoms with Crippen molar-refractivity contribution in [1.82, 2.24) is 0 Å². The van der Waals surface area contributed by atoms with Crippen LogP contribution in [0.3, 0.4) is 0 Å². The zero-order valence-electron chi connectivity index (χ0n) is 7.20. The van der Waals surface area contributed by atoms with E-state index in [4.69, 9.17) is 0 Å². The first kappa shape index (κ1) is 8.55. The summed E-state index contributed by atoms with van der Waals surface area (Å²) in [4.78, 5) is 10.5. The molecule has 5 nitrogen and oxygen atoms in total. The van der Waals surface area contributed by atoms with Crippen LogP contribution in [0.1, 0.15) is 5.56 Å². The number of nitro groups is 1. The summed E-state index contributed by atoms with van der Waals surface area (Å²) in [5.41, 5.74) is -0.996. The molecule has 14 heavy (non-hydrogen) atoms. The number of rotatable bonds is 2. The minimum absolute atomic E-state index is 0.449. The molecule has 70 valence electrons. The lowest BCUT2D eigenvalue weighted by atomic mass is 10.0. The van der Waals surface area contributed by atoms with Gasteiger partial charge in [-0.05, 0) is 12.1 Å². The normalized spacial score (nSPS) is 24.0. The van der Waals surface area contributed by atoms with Crippen LogP contribution in [0.4, 0.5) is 0 Å². The quantitative estimate of drug-likeness (QED) is 0.528. The van der Waals surface area contributed by atoms with Crippen LogP contribution < -0.4 is 0 Å². The van der Waals surface area contributed by atoms with E-state index in [0.717, 1.165) is 0 Å². The Morgan fingerprint density at radius 1 is 1.29 bits per heavy atom. The second-order valence-electron chi connectivity index (χ2n) is 2.88. The van der Waals surface area contributed by atoms with Gasteiger partial charge in [0.25, 0.3) is 0 Å². The lowest BCUT2D eigenvalue weighted by Crippen LogP contribution is -2.29. The predicted octanol–water partition coefficient (Wildman–Crippen LogP) is 2.10. The molecule has 1 aliphatic heterocycles. The lowest BCUT2D eigenvalue weighted by Gasteiger charge is -2.12. The minimum Gasteiger partial charge on any atom is -0.261 e. The molecule has 2 rings (SSSR count). The minimum atomic E-state index is -1.51. The highest BCUT2D eigenvalue weighted by Crippen LogP contribution is 2.31. The van der Waals surface area contributed by atoms with Crippen LogP contribution in [-0.4, -0.2) is 4.92 Å². The molecule has 5 heteroatoms. The monoisotopic (exact) mass is 189 g/mol. The second-order valence-corrected chi connectivity index (χ2v) is 2.88. The first-order valence-corrected chi connectivity index (χ1v) is 4.05. The zero-order chi connectivity index (χ0) is 10.0. The molecule has 0 spiro atoms. The number of benzene rings is 1. The van der Waals surface area contributed by atoms with Gasteiger partial charge in [-0.1, -0.05) is 23.3 Å². The molecule has 1 unspecified atom stereocenters. The van der Waals surface area contributed by atoms with Crippen molar-refractivity contribution in [2.24, 2.45) is 10.2 Å². The summed E-state index contributed by atoms with van der Waals surface area (Å²) >= 11 is 0. The molecule has 1 heterocycles. The summed E-state index contributed by atoms with van der Waals surface area (Å²) in [6, 6.07) is 8.60. The Bertz CT molecular complexity index is 399. The van der Waals surface area contributed by atoms with Gasteiger partial charge in [0.15, 0.2) is 0 Å². The number of hydrogen-bond acceptors (Lipinski definition) is 4. The summed E-state index contributed by atoms with van der Waals surface area (Å²) in [6.07, 6.45) is 2.72. The van der Waals surface area contributed by atoms with Gasteiger partial charge < -0.3 is 0 Å². The van der Waals surface area contributed by atoms with E-state index in [2.05, 4.69) is 10.2 Å². The molecule has 1 aromatic carbocycles. The highest BCUT2D eigenvalue weighted by Gasteiger charge is 2.44. The Kier molecular flexibility index (Phi) is 1.85. The van der Waals surface area contributed by atoms with Gasteiger partial charge in [-0.25, -0.2) is 0 Å². The first-order valence-electron chi connectivity index (χ1n) is 4.05. The van der Waals surface area contributed by atoms with Crippen LogP contribution in [0.5, 0.6) is 0 Å². The first-order chi connectivity index (χ1) is 6.76. The summed E-state index contributed by atoms with van der Waals surface area (Å²) in [6.45, 7) is 0. The number of azo groups is 1. The molecule has 0 saturated heterocycles. The fourth-order valence-corrected chi connectivity index (χ4v) is 1.33. The van der Waals surface area contributed by atoms with Crippen LogP contribution in [0.2, 0.25) is 0 Å². The Labute approximate surface area is 79.9 Å². The summed E-state index contributed by atoms with van der Waals surface area (Å²) < 4.78 is 0. The number of hydrogen-bond donors (Lipinski definition) is 0.